The first-order valence-electron chi connectivity index (χ1n) is 6.28. The van der Waals surface area contributed by atoms with E-state index in [-0.39, 0.29) is 0 Å². The summed E-state index contributed by atoms with van der Waals surface area (Å²) in [5, 5.41) is 0. The molecule has 2 bridgehead atoms. The molecular formula is C13H20. The minimum absolute atomic E-state index is 0.891. The molecule has 5 aliphatic rings. The van der Waals surface area contributed by atoms with Crippen LogP contribution in [-0.4, -0.2) is 0 Å². The van der Waals surface area contributed by atoms with E-state index in [4.69, 9.17) is 0 Å². The van der Waals surface area contributed by atoms with Crippen LogP contribution in [0.5, 0.6) is 0 Å². The van der Waals surface area contributed by atoms with Gasteiger partial charge in [0, 0.05) is 0 Å². The van der Waals surface area contributed by atoms with Crippen molar-refractivity contribution in [2.45, 2.75) is 57.8 Å². The lowest BCUT2D eigenvalue weighted by atomic mass is 9.54. The highest BCUT2D eigenvalue weighted by Crippen LogP contribution is 2.70. The van der Waals surface area contributed by atoms with Gasteiger partial charge in [0.2, 0.25) is 0 Å². The maximum Gasteiger partial charge on any atom is -0.0287 e. The molecule has 0 heterocycles. The summed E-state index contributed by atoms with van der Waals surface area (Å²) in [4.78, 5) is 0. The van der Waals surface area contributed by atoms with Crippen molar-refractivity contribution in [3.8, 4) is 0 Å². The topological polar surface area (TPSA) is 0 Å². The Morgan fingerprint density at radius 3 is 1.77 bits per heavy atom. The van der Waals surface area contributed by atoms with Crippen molar-refractivity contribution in [1.82, 2.24) is 0 Å². The van der Waals surface area contributed by atoms with Gasteiger partial charge in [-0.2, -0.15) is 0 Å². The van der Waals surface area contributed by atoms with Crippen LogP contribution < -0.4 is 0 Å². The summed E-state index contributed by atoms with van der Waals surface area (Å²) in [5.74, 6) is 2.35. The van der Waals surface area contributed by atoms with E-state index < -0.39 is 0 Å². The standard InChI is InChI=1S/C13H20/c1-2-12(1)3-4-13(9-12)7-10-5-11(6-10)8-13/h10-11H,1-9H2. The van der Waals surface area contributed by atoms with Gasteiger partial charge in [-0.25, -0.2) is 0 Å². The van der Waals surface area contributed by atoms with Gasteiger partial charge < -0.3 is 0 Å². The van der Waals surface area contributed by atoms with Gasteiger partial charge in [0.1, 0.15) is 0 Å². The van der Waals surface area contributed by atoms with Crippen molar-refractivity contribution in [1.29, 1.82) is 0 Å². The van der Waals surface area contributed by atoms with Gasteiger partial charge in [0.15, 0.2) is 0 Å². The highest BCUT2D eigenvalue weighted by atomic mass is 14.6. The van der Waals surface area contributed by atoms with E-state index >= 15 is 0 Å². The first-order valence-corrected chi connectivity index (χ1v) is 6.28. The molecule has 5 saturated carbocycles. The molecule has 0 N–H and O–H groups in total. The fraction of sp³-hybridized carbons (Fsp3) is 1.00. The van der Waals surface area contributed by atoms with Crippen molar-refractivity contribution in [3.63, 3.8) is 0 Å². The molecule has 2 spiro atoms. The summed E-state index contributed by atoms with van der Waals surface area (Å²) in [5.41, 5.74) is 1.81. The number of hydrogen-bond donors (Lipinski definition) is 0. The van der Waals surface area contributed by atoms with Gasteiger partial charge in [0.05, 0.1) is 0 Å². The summed E-state index contributed by atoms with van der Waals surface area (Å²) >= 11 is 0. The Kier molecular flexibility index (Phi) is 1.12. The molecular weight excluding hydrogens is 156 g/mol. The molecule has 0 nitrogen and oxygen atoms in total. The third-order valence-electron chi connectivity index (χ3n) is 5.67. The molecule has 72 valence electrons. The minimum Gasteiger partial charge on any atom is -0.0475 e. The van der Waals surface area contributed by atoms with Gasteiger partial charge in [-0.05, 0) is 80.5 Å². The quantitative estimate of drug-likeness (QED) is 0.527. The zero-order chi connectivity index (χ0) is 8.52. The van der Waals surface area contributed by atoms with E-state index in [1.165, 1.54) is 11.8 Å². The van der Waals surface area contributed by atoms with Crippen LogP contribution in [0.3, 0.4) is 0 Å². The van der Waals surface area contributed by atoms with Gasteiger partial charge in [-0.3, -0.25) is 0 Å². The lowest BCUT2D eigenvalue weighted by molar-refractivity contribution is -0.00186. The molecule has 5 fully saturated rings. The zero-order valence-corrected chi connectivity index (χ0v) is 8.52. The maximum absolute atomic E-state index is 1.65. The third-order valence-corrected chi connectivity index (χ3v) is 5.67. The van der Waals surface area contributed by atoms with Crippen LogP contribution in [0.25, 0.3) is 0 Å². The summed E-state index contributed by atoms with van der Waals surface area (Å²) < 4.78 is 0. The van der Waals surface area contributed by atoms with E-state index in [0.29, 0.717) is 0 Å². The maximum atomic E-state index is 1.65. The molecule has 13 heavy (non-hydrogen) atoms. The average Bonchev–Trinajstić information content (AvgIpc) is 2.73. The first kappa shape index (κ1) is 7.31. The van der Waals surface area contributed by atoms with E-state index in [1.807, 2.05) is 0 Å². The van der Waals surface area contributed by atoms with Crippen LogP contribution in [0.4, 0.5) is 0 Å². The minimum atomic E-state index is 0.891. The van der Waals surface area contributed by atoms with Crippen LogP contribution in [0.2, 0.25) is 0 Å². The smallest absolute Gasteiger partial charge is 0.0287 e. The van der Waals surface area contributed by atoms with Crippen molar-refractivity contribution in [2.24, 2.45) is 22.7 Å². The molecule has 0 aliphatic heterocycles. The fourth-order valence-electron chi connectivity index (χ4n) is 4.97. The SMILES string of the molecule is C1C2CC1CC1(CCC3(CC3)C1)C2. The van der Waals surface area contributed by atoms with Crippen LogP contribution in [0, 0.1) is 22.7 Å². The highest BCUT2D eigenvalue weighted by molar-refractivity contribution is 5.09. The Balaban J connectivity index is 1.59. The second-order valence-corrected chi connectivity index (χ2v) is 6.79. The van der Waals surface area contributed by atoms with E-state index in [2.05, 4.69) is 0 Å². The molecule has 0 radical (unpaired) electrons. The third kappa shape index (κ3) is 0.926. The number of rotatable bonds is 0. The van der Waals surface area contributed by atoms with Crippen LogP contribution >= 0.6 is 0 Å². The summed E-state index contributed by atoms with van der Waals surface area (Å²) in [6.07, 6.45) is 14.5. The molecule has 0 aromatic carbocycles. The van der Waals surface area contributed by atoms with Gasteiger partial charge in [0.25, 0.3) is 0 Å². The predicted octanol–water partition coefficient (Wildman–Crippen LogP) is 3.76. The van der Waals surface area contributed by atoms with Crippen LogP contribution in [0.1, 0.15) is 57.8 Å². The highest BCUT2D eigenvalue weighted by Gasteiger charge is 2.58. The van der Waals surface area contributed by atoms with Crippen molar-refractivity contribution < 1.29 is 0 Å². The van der Waals surface area contributed by atoms with Crippen LogP contribution in [-0.2, 0) is 0 Å². The molecule has 0 saturated heterocycles. The lowest BCUT2D eigenvalue weighted by Crippen LogP contribution is -2.40. The predicted molar refractivity (Wildman–Crippen MR) is 53.4 cm³/mol. The molecule has 0 unspecified atom stereocenters. The largest absolute Gasteiger partial charge is 0.0475 e. The fourth-order valence-corrected chi connectivity index (χ4v) is 4.97. The van der Waals surface area contributed by atoms with Gasteiger partial charge in [-0.15, -0.1) is 0 Å². The van der Waals surface area contributed by atoms with E-state index in [1.54, 1.807) is 57.8 Å². The molecule has 0 atom stereocenters. The Morgan fingerprint density at radius 1 is 0.692 bits per heavy atom. The Morgan fingerprint density at radius 2 is 1.23 bits per heavy atom. The molecule has 0 aromatic rings. The molecule has 5 rings (SSSR count). The first-order chi connectivity index (χ1) is 6.28. The number of hydrogen-bond acceptors (Lipinski definition) is 0. The van der Waals surface area contributed by atoms with Crippen molar-refractivity contribution in [3.05, 3.63) is 0 Å². The second-order valence-electron chi connectivity index (χ2n) is 6.79. The van der Waals surface area contributed by atoms with E-state index in [0.717, 1.165) is 10.8 Å². The average molecular weight is 176 g/mol. The lowest BCUT2D eigenvalue weighted by Gasteiger charge is -2.51. The molecule has 0 aromatic heterocycles. The molecule has 0 heteroatoms. The Labute approximate surface area is 81.1 Å². The summed E-state index contributed by atoms with van der Waals surface area (Å²) in [7, 11) is 0. The van der Waals surface area contributed by atoms with Crippen molar-refractivity contribution >= 4 is 0 Å². The summed E-state index contributed by atoms with van der Waals surface area (Å²) in [6.45, 7) is 0. The molecule has 5 aliphatic carbocycles. The monoisotopic (exact) mass is 176 g/mol. The zero-order valence-electron chi connectivity index (χ0n) is 8.52. The van der Waals surface area contributed by atoms with Crippen molar-refractivity contribution in [2.75, 3.05) is 0 Å². The van der Waals surface area contributed by atoms with Gasteiger partial charge in [-0.1, -0.05) is 0 Å². The molecule has 0 amide bonds. The van der Waals surface area contributed by atoms with Gasteiger partial charge >= 0.3 is 0 Å². The normalized spacial score (nSPS) is 55.4. The van der Waals surface area contributed by atoms with Crippen LogP contribution in [0.15, 0.2) is 0 Å². The Hall–Kier alpha value is 0. The second kappa shape index (κ2) is 1.99. The van der Waals surface area contributed by atoms with E-state index in [9.17, 15) is 0 Å². The summed E-state index contributed by atoms with van der Waals surface area (Å²) in [6, 6.07) is 0. The Bertz CT molecular complexity index is 233.